The second-order valence-corrected chi connectivity index (χ2v) is 18.5. The highest BCUT2D eigenvalue weighted by Gasteiger charge is 2.23. The van der Waals surface area contributed by atoms with Crippen LogP contribution >= 0.6 is 7.82 Å². The van der Waals surface area contributed by atoms with Gasteiger partial charge in [0.05, 0.1) is 39.9 Å². The highest BCUT2D eigenvalue weighted by atomic mass is 31.2. The van der Waals surface area contributed by atoms with E-state index in [-0.39, 0.29) is 19.1 Å². The molecular formula is C51H91N2O6P. The molecule has 0 radical (unpaired) electrons. The molecule has 0 aromatic carbocycles. The Hall–Kier alpha value is -2.32. The van der Waals surface area contributed by atoms with E-state index in [1.165, 1.54) is 83.5 Å². The van der Waals surface area contributed by atoms with Crippen LogP contribution in [0.25, 0.3) is 0 Å². The third-order valence-electron chi connectivity index (χ3n) is 10.1. The zero-order valence-corrected chi connectivity index (χ0v) is 40.0. The average Bonchev–Trinajstić information content (AvgIpc) is 3.20. The van der Waals surface area contributed by atoms with Crippen molar-refractivity contribution in [1.29, 1.82) is 0 Å². The lowest BCUT2D eigenvalue weighted by Gasteiger charge is -2.29. The smallest absolute Gasteiger partial charge is 0.268 e. The van der Waals surface area contributed by atoms with Crippen molar-refractivity contribution >= 4 is 13.7 Å². The highest BCUT2D eigenvalue weighted by molar-refractivity contribution is 7.45. The van der Waals surface area contributed by atoms with Gasteiger partial charge in [-0.15, -0.1) is 0 Å². The number of quaternary nitrogens is 1. The fraction of sp³-hybridized carbons (Fsp3) is 0.706. The van der Waals surface area contributed by atoms with Gasteiger partial charge < -0.3 is 28.8 Å². The van der Waals surface area contributed by atoms with E-state index in [4.69, 9.17) is 9.05 Å². The number of nitrogens with zero attached hydrogens (tertiary/aromatic N) is 1. The standard InChI is InChI=1S/C51H91N2O6P/c1-6-8-10-12-14-15-16-17-18-19-20-21-22-23-24-25-26-27-28-29-30-31-32-33-34-35-36-37-39-41-43-45-51(55)52-49(50(54)44-42-40-38-13-11-9-7-2)48-59-60(56,57)58-47-46-53(3,4)5/h8,10,14-15,17-18,20-21,23-24,26-27,42,44,49-50,54H,6-7,9,11-13,16,19,22,25,28-41,43,45-48H2,1-5H3,(H-,52,55,56,57)/b10-8-,15-14-,18-17-,21-20-,24-23-,27-26-,44-42+. The first-order valence-corrected chi connectivity index (χ1v) is 25.4. The van der Waals surface area contributed by atoms with E-state index in [1.54, 1.807) is 6.08 Å². The lowest BCUT2D eigenvalue weighted by Crippen LogP contribution is -2.45. The number of phosphoric ester groups is 1. The summed E-state index contributed by atoms with van der Waals surface area (Å²) in [6, 6.07) is -0.888. The molecule has 60 heavy (non-hydrogen) atoms. The fourth-order valence-electron chi connectivity index (χ4n) is 6.33. The van der Waals surface area contributed by atoms with Gasteiger partial charge in [-0.05, 0) is 70.6 Å². The largest absolute Gasteiger partial charge is 0.756 e. The summed E-state index contributed by atoms with van der Waals surface area (Å²) in [5.41, 5.74) is 0. The van der Waals surface area contributed by atoms with Gasteiger partial charge in [-0.25, -0.2) is 0 Å². The van der Waals surface area contributed by atoms with Crippen molar-refractivity contribution < 1.29 is 32.9 Å². The first kappa shape index (κ1) is 57.7. The Bertz CT molecular complexity index is 1250. The lowest BCUT2D eigenvalue weighted by molar-refractivity contribution is -0.870. The fourth-order valence-corrected chi connectivity index (χ4v) is 7.05. The number of hydrogen-bond donors (Lipinski definition) is 2. The maximum absolute atomic E-state index is 12.8. The molecule has 0 aromatic heterocycles. The number of carbonyl (C=O) groups excluding carboxylic acids is 1. The van der Waals surface area contributed by atoms with Crippen LogP contribution in [0, 0.1) is 0 Å². The van der Waals surface area contributed by atoms with Crippen LogP contribution in [0.3, 0.4) is 0 Å². The summed E-state index contributed by atoms with van der Waals surface area (Å²) < 4.78 is 23.1. The van der Waals surface area contributed by atoms with Gasteiger partial charge >= 0.3 is 0 Å². The molecule has 9 heteroatoms. The van der Waals surface area contributed by atoms with Crippen LogP contribution in [-0.4, -0.2) is 68.5 Å². The van der Waals surface area contributed by atoms with Gasteiger partial charge in [-0.3, -0.25) is 9.36 Å². The Morgan fingerprint density at radius 3 is 1.48 bits per heavy atom. The molecule has 3 unspecified atom stereocenters. The topological polar surface area (TPSA) is 108 Å². The Morgan fingerprint density at radius 1 is 0.600 bits per heavy atom. The first-order chi connectivity index (χ1) is 29.0. The zero-order valence-electron chi connectivity index (χ0n) is 39.1. The Morgan fingerprint density at radius 2 is 1.02 bits per heavy atom. The number of rotatable bonds is 42. The molecule has 8 nitrogen and oxygen atoms in total. The van der Waals surface area contributed by atoms with Crippen LogP contribution in [0.4, 0.5) is 0 Å². The number of aliphatic hydroxyl groups is 1. The van der Waals surface area contributed by atoms with Gasteiger partial charge in [0.1, 0.15) is 13.2 Å². The van der Waals surface area contributed by atoms with Gasteiger partial charge in [-0.2, -0.15) is 0 Å². The van der Waals surface area contributed by atoms with E-state index in [1.807, 2.05) is 27.2 Å². The molecule has 0 spiro atoms. The summed E-state index contributed by atoms with van der Waals surface area (Å²) in [6.07, 6.45) is 58.1. The normalized spacial score (nSPS) is 15.0. The van der Waals surface area contributed by atoms with Crippen LogP contribution in [-0.2, 0) is 18.4 Å². The van der Waals surface area contributed by atoms with E-state index in [2.05, 4.69) is 92.1 Å². The van der Waals surface area contributed by atoms with Crippen molar-refractivity contribution in [3.63, 3.8) is 0 Å². The van der Waals surface area contributed by atoms with E-state index >= 15 is 0 Å². The Balaban J connectivity index is 4.04. The van der Waals surface area contributed by atoms with Crippen LogP contribution in [0.5, 0.6) is 0 Å². The van der Waals surface area contributed by atoms with Gasteiger partial charge in [0.15, 0.2) is 0 Å². The molecule has 0 aromatic rings. The number of phosphoric acid groups is 1. The summed E-state index contributed by atoms with van der Waals surface area (Å²) in [5, 5.41) is 13.7. The third-order valence-corrected chi connectivity index (χ3v) is 11.1. The van der Waals surface area contributed by atoms with Crippen LogP contribution in [0.1, 0.15) is 181 Å². The molecule has 0 fully saturated rings. The number of hydrogen-bond acceptors (Lipinski definition) is 6. The van der Waals surface area contributed by atoms with E-state index < -0.39 is 20.0 Å². The van der Waals surface area contributed by atoms with Gasteiger partial charge in [-0.1, -0.05) is 189 Å². The summed E-state index contributed by atoms with van der Waals surface area (Å²) in [5.74, 6) is -0.209. The number of carbonyl (C=O) groups is 1. The van der Waals surface area contributed by atoms with Crippen LogP contribution in [0.15, 0.2) is 85.1 Å². The third kappa shape index (κ3) is 43.8. The molecular weight excluding hydrogens is 768 g/mol. The predicted molar refractivity (Wildman–Crippen MR) is 256 cm³/mol. The van der Waals surface area contributed by atoms with Crippen molar-refractivity contribution in [2.24, 2.45) is 0 Å². The maximum atomic E-state index is 12.8. The number of allylic oxidation sites excluding steroid dienone is 13. The molecule has 2 N–H and O–H groups in total. The van der Waals surface area contributed by atoms with Crippen molar-refractivity contribution in [3.8, 4) is 0 Å². The molecule has 0 bridgehead atoms. The summed E-state index contributed by atoms with van der Waals surface area (Å²) >= 11 is 0. The van der Waals surface area contributed by atoms with Crippen molar-refractivity contribution in [2.45, 2.75) is 193 Å². The molecule has 0 saturated carbocycles. The second-order valence-electron chi connectivity index (χ2n) is 17.1. The number of likely N-dealkylation sites (N-methyl/N-ethyl adjacent to an activating group) is 1. The molecule has 346 valence electrons. The minimum absolute atomic E-state index is 0.00533. The monoisotopic (exact) mass is 859 g/mol. The van der Waals surface area contributed by atoms with Gasteiger partial charge in [0, 0.05) is 6.42 Å². The first-order valence-electron chi connectivity index (χ1n) is 23.9. The lowest BCUT2D eigenvalue weighted by atomic mass is 10.0. The minimum atomic E-state index is -4.58. The summed E-state index contributed by atoms with van der Waals surface area (Å²) in [4.78, 5) is 25.2. The molecule has 0 rings (SSSR count). The zero-order chi connectivity index (χ0) is 44.3. The Labute approximate surface area is 369 Å². The summed E-state index contributed by atoms with van der Waals surface area (Å²) in [6.45, 7) is 4.45. The quantitative estimate of drug-likeness (QED) is 0.0274. The number of aliphatic hydroxyl groups excluding tert-OH is 1. The van der Waals surface area contributed by atoms with Crippen LogP contribution < -0.4 is 10.2 Å². The Kier molecular flexibility index (Phi) is 40.4. The second kappa shape index (κ2) is 42.0. The molecule has 0 aliphatic rings. The molecule has 0 aliphatic carbocycles. The van der Waals surface area contributed by atoms with Crippen molar-refractivity contribution in [1.82, 2.24) is 5.32 Å². The number of amides is 1. The van der Waals surface area contributed by atoms with Crippen LogP contribution in [0.2, 0.25) is 0 Å². The molecule has 0 saturated heterocycles. The highest BCUT2D eigenvalue weighted by Crippen LogP contribution is 2.38. The van der Waals surface area contributed by atoms with E-state index in [0.29, 0.717) is 17.4 Å². The van der Waals surface area contributed by atoms with Gasteiger partial charge in [0.25, 0.3) is 7.82 Å². The number of unbranched alkanes of at least 4 members (excludes halogenated alkanes) is 17. The molecule has 0 heterocycles. The molecule has 0 aliphatic heterocycles. The maximum Gasteiger partial charge on any atom is 0.268 e. The molecule has 3 atom stereocenters. The predicted octanol–water partition coefficient (Wildman–Crippen LogP) is 13.1. The summed E-state index contributed by atoms with van der Waals surface area (Å²) in [7, 11) is 1.24. The minimum Gasteiger partial charge on any atom is -0.756 e. The van der Waals surface area contributed by atoms with Crippen molar-refractivity contribution in [3.05, 3.63) is 85.1 Å². The SMILES string of the molecule is CC/C=C\C/C=C\C/C=C\C/C=C\C/C=C\C/C=C\CCCCCCCCCCCCCCC(=O)NC(COP(=O)([O-])OCC[N+](C)(C)C)C(O)/C=C/CCCCCCC. The van der Waals surface area contributed by atoms with Crippen molar-refractivity contribution in [2.75, 3.05) is 40.9 Å². The van der Waals surface area contributed by atoms with E-state index in [9.17, 15) is 19.4 Å². The van der Waals surface area contributed by atoms with Gasteiger partial charge in [0.2, 0.25) is 5.91 Å². The van der Waals surface area contributed by atoms with E-state index in [0.717, 1.165) is 77.0 Å². The molecule has 1 amide bonds. The number of nitrogens with one attached hydrogen (secondary N) is 1. The average molecular weight is 859 g/mol.